The van der Waals surface area contributed by atoms with Crippen molar-refractivity contribution in [2.75, 3.05) is 16.8 Å². The van der Waals surface area contributed by atoms with E-state index >= 15 is 0 Å². The van der Waals surface area contributed by atoms with Gasteiger partial charge < -0.3 is 5.32 Å². The Hall–Kier alpha value is -1.97. The predicted octanol–water partition coefficient (Wildman–Crippen LogP) is 2.69. The molecule has 27 heavy (non-hydrogen) atoms. The fourth-order valence-corrected chi connectivity index (χ4v) is 7.37. The number of hydrogen-bond acceptors (Lipinski definition) is 5. The molecule has 0 saturated carbocycles. The Morgan fingerprint density at radius 2 is 1.89 bits per heavy atom. The van der Waals surface area contributed by atoms with Crippen LogP contribution in [0.5, 0.6) is 0 Å². The van der Waals surface area contributed by atoms with Gasteiger partial charge in [-0.05, 0) is 36.8 Å². The Labute approximate surface area is 161 Å². The fraction of sp³-hybridized carbons (Fsp3) is 0.235. The summed E-state index contributed by atoms with van der Waals surface area (Å²) in [5, 5.41) is 1.56. The second kappa shape index (κ2) is 7.21. The van der Waals surface area contributed by atoms with Gasteiger partial charge in [0.25, 0.3) is 5.91 Å². The van der Waals surface area contributed by atoms with Gasteiger partial charge in [0.1, 0.15) is 5.82 Å². The molecule has 1 atom stereocenters. The molecular weight excluding hydrogens is 417 g/mol. The second-order valence-electron chi connectivity index (χ2n) is 6.15. The zero-order valence-electron chi connectivity index (χ0n) is 13.9. The van der Waals surface area contributed by atoms with E-state index in [0.717, 1.165) is 18.2 Å². The van der Waals surface area contributed by atoms with Crippen molar-refractivity contribution < 1.29 is 26.0 Å². The quantitative estimate of drug-likeness (QED) is 0.750. The molecule has 1 amide bonds. The number of anilines is 1. The number of sulfone groups is 2. The Kier molecular flexibility index (Phi) is 5.29. The number of hydrogen-bond donors (Lipinski definition) is 1. The average Bonchev–Trinajstić information content (AvgIpc) is 2.98. The van der Waals surface area contributed by atoms with Crippen molar-refractivity contribution in [1.29, 1.82) is 0 Å². The normalized spacial score (nSPS) is 19.0. The number of halogens is 2. The molecular formula is C17H15ClFNO5S2. The number of nitrogens with one attached hydrogen (secondary N) is 1. The number of carbonyl (C=O) groups excluding carboxylic acids is 1. The Bertz CT molecular complexity index is 1120. The lowest BCUT2D eigenvalue weighted by molar-refractivity contribution is 0.102. The Balaban J connectivity index is 1.93. The first kappa shape index (κ1) is 19.8. The molecule has 1 aliphatic heterocycles. The summed E-state index contributed by atoms with van der Waals surface area (Å²) < 4.78 is 62.7. The molecule has 1 N–H and O–H groups in total. The van der Waals surface area contributed by atoms with Crippen LogP contribution in [0.25, 0.3) is 0 Å². The van der Waals surface area contributed by atoms with Gasteiger partial charge in [-0.25, -0.2) is 21.2 Å². The maximum Gasteiger partial charge on any atom is 0.258 e. The minimum Gasteiger partial charge on any atom is -0.321 e. The highest BCUT2D eigenvalue weighted by molar-refractivity contribution is 7.96. The molecule has 10 heteroatoms. The van der Waals surface area contributed by atoms with Crippen molar-refractivity contribution in [3.05, 3.63) is 58.9 Å². The van der Waals surface area contributed by atoms with Crippen LogP contribution >= 0.6 is 11.6 Å². The van der Waals surface area contributed by atoms with Crippen molar-refractivity contribution >= 4 is 42.9 Å². The fourth-order valence-electron chi connectivity index (χ4n) is 2.81. The summed E-state index contributed by atoms with van der Waals surface area (Å²) in [4.78, 5) is 12.1. The van der Waals surface area contributed by atoms with E-state index in [-0.39, 0.29) is 27.8 Å². The van der Waals surface area contributed by atoms with E-state index < -0.39 is 48.0 Å². The Morgan fingerprint density at radius 3 is 2.52 bits per heavy atom. The summed E-state index contributed by atoms with van der Waals surface area (Å²) >= 11 is 5.95. The molecule has 1 heterocycles. The van der Waals surface area contributed by atoms with Gasteiger partial charge in [-0.15, -0.1) is 0 Å². The van der Waals surface area contributed by atoms with Gasteiger partial charge in [0, 0.05) is 0 Å². The van der Waals surface area contributed by atoms with Crippen LogP contribution in [-0.4, -0.2) is 39.5 Å². The Morgan fingerprint density at radius 1 is 1.19 bits per heavy atom. The highest BCUT2D eigenvalue weighted by Crippen LogP contribution is 2.27. The minimum atomic E-state index is -4.02. The molecule has 0 spiro atoms. The molecule has 2 aromatic carbocycles. The topological polar surface area (TPSA) is 97.4 Å². The van der Waals surface area contributed by atoms with Crippen LogP contribution in [0.4, 0.5) is 10.1 Å². The lowest BCUT2D eigenvalue weighted by Crippen LogP contribution is -2.23. The maximum atomic E-state index is 14.1. The molecule has 144 valence electrons. The minimum absolute atomic E-state index is 0.0246. The molecule has 3 rings (SSSR count). The van der Waals surface area contributed by atoms with Gasteiger partial charge in [-0.1, -0.05) is 23.7 Å². The summed E-state index contributed by atoms with van der Waals surface area (Å²) in [7, 11) is -7.43. The van der Waals surface area contributed by atoms with E-state index in [2.05, 4.69) is 5.32 Å². The highest BCUT2D eigenvalue weighted by atomic mass is 35.5. The monoisotopic (exact) mass is 431 g/mol. The standard InChI is InChI=1S/C17H15ClFNO5S2/c18-14-3-1-2-4-16(14)20-17(21)13-9-11(5-6-15(13)19)27(24,25)12-7-8-26(22,23)10-12/h1-6,9,12H,7-8,10H2,(H,20,21). The number of amides is 1. The van der Waals surface area contributed by atoms with Crippen molar-refractivity contribution in [1.82, 2.24) is 0 Å². The van der Waals surface area contributed by atoms with E-state index in [1.807, 2.05) is 0 Å². The summed E-state index contributed by atoms with van der Waals surface area (Å²) in [6, 6.07) is 9.15. The number of carbonyl (C=O) groups is 1. The van der Waals surface area contributed by atoms with E-state index in [0.29, 0.717) is 0 Å². The molecule has 1 aliphatic rings. The molecule has 2 aromatic rings. The van der Waals surface area contributed by atoms with Crippen LogP contribution in [0.2, 0.25) is 5.02 Å². The third-order valence-corrected chi connectivity index (χ3v) is 8.76. The van der Waals surface area contributed by atoms with Crippen LogP contribution in [-0.2, 0) is 19.7 Å². The van der Waals surface area contributed by atoms with Crippen LogP contribution in [0, 0.1) is 5.82 Å². The number of para-hydroxylation sites is 1. The van der Waals surface area contributed by atoms with E-state index in [1.54, 1.807) is 12.1 Å². The molecule has 0 bridgehead atoms. The highest BCUT2D eigenvalue weighted by Gasteiger charge is 2.38. The second-order valence-corrected chi connectivity index (χ2v) is 11.0. The van der Waals surface area contributed by atoms with E-state index in [1.165, 1.54) is 12.1 Å². The molecule has 1 fully saturated rings. The smallest absolute Gasteiger partial charge is 0.258 e. The van der Waals surface area contributed by atoms with E-state index in [4.69, 9.17) is 11.6 Å². The SMILES string of the molecule is O=C(Nc1ccccc1Cl)c1cc(S(=O)(=O)C2CCS(=O)(=O)C2)ccc1F. The lowest BCUT2D eigenvalue weighted by Gasteiger charge is -2.12. The van der Waals surface area contributed by atoms with Crippen LogP contribution in [0.1, 0.15) is 16.8 Å². The van der Waals surface area contributed by atoms with Crippen molar-refractivity contribution in [2.24, 2.45) is 0 Å². The van der Waals surface area contributed by atoms with Crippen molar-refractivity contribution in [2.45, 2.75) is 16.6 Å². The molecule has 1 saturated heterocycles. The first-order valence-electron chi connectivity index (χ1n) is 7.90. The summed E-state index contributed by atoms with van der Waals surface area (Å²) in [6.45, 7) is 0. The molecule has 0 aliphatic carbocycles. The largest absolute Gasteiger partial charge is 0.321 e. The number of rotatable bonds is 4. The molecule has 1 unspecified atom stereocenters. The first-order chi connectivity index (χ1) is 12.6. The lowest BCUT2D eigenvalue weighted by atomic mass is 10.2. The average molecular weight is 432 g/mol. The molecule has 0 radical (unpaired) electrons. The number of benzene rings is 2. The summed E-state index contributed by atoms with van der Waals surface area (Å²) in [6.07, 6.45) is -0.0246. The maximum absolute atomic E-state index is 14.1. The summed E-state index contributed by atoms with van der Waals surface area (Å²) in [5.41, 5.74) is -0.226. The molecule has 0 aromatic heterocycles. The van der Waals surface area contributed by atoms with Crippen LogP contribution in [0.15, 0.2) is 47.4 Å². The predicted molar refractivity (Wildman–Crippen MR) is 100 cm³/mol. The van der Waals surface area contributed by atoms with Crippen LogP contribution < -0.4 is 5.32 Å². The van der Waals surface area contributed by atoms with Gasteiger partial charge in [0.2, 0.25) is 0 Å². The van der Waals surface area contributed by atoms with Crippen molar-refractivity contribution in [3.63, 3.8) is 0 Å². The van der Waals surface area contributed by atoms with Gasteiger partial charge in [0.05, 0.1) is 37.9 Å². The third kappa shape index (κ3) is 4.15. The zero-order valence-corrected chi connectivity index (χ0v) is 16.2. The van der Waals surface area contributed by atoms with E-state index in [9.17, 15) is 26.0 Å². The van der Waals surface area contributed by atoms with Crippen LogP contribution in [0.3, 0.4) is 0 Å². The van der Waals surface area contributed by atoms with Gasteiger partial charge in [0.15, 0.2) is 19.7 Å². The van der Waals surface area contributed by atoms with Crippen molar-refractivity contribution in [3.8, 4) is 0 Å². The molecule has 6 nitrogen and oxygen atoms in total. The summed E-state index contributed by atoms with van der Waals surface area (Å²) in [5.74, 6) is -2.46. The van der Waals surface area contributed by atoms with Gasteiger partial charge >= 0.3 is 0 Å². The first-order valence-corrected chi connectivity index (χ1v) is 11.6. The zero-order chi connectivity index (χ0) is 19.8. The van der Waals surface area contributed by atoms with Gasteiger partial charge in [-0.3, -0.25) is 4.79 Å². The third-order valence-electron chi connectivity index (χ3n) is 4.26. The van der Waals surface area contributed by atoms with Gasteiger partial charge in [-0.2, -0.15) is 0 Å².